The van der Waals surface area contributed by atoms with Gasteiger partial charge in [-0.1, -0.05) is 6.07 Å². The fourth-order valence-corrected chi connectivity index (χ4v) is 3.58. The highest BCUT2D eigenvalue weighted by atomic mass is 32.2. The molecular weight excluding hydrogens is 414 g/mol. The lowest BCUT2D eigenvalue weighted by Crippen LogP contribution is -2.14. The minimum Gasteiger partial charge on any atom is -0.329 e. The monoisotopic (exact) mass is 448 g/mol. The Hall–Kier alpha value is -3.50. The van der Waals surface area contributed by atoms with Gasteiger partial charge in [-0.3, -0.25) is 4.68 Å². The van der Waals surface area contributed by atoms with Crippen LogP contribution in [0.15, 0.2) is 53.4 Å². The predicted octanol–water partition coefficient (Wildman–Crippen LogP) is 3.14. The van der Waals surface area contributed by atoms with Gasteiger partial charge < -0.3 is 10.2 Å². The molecule has 0 spiro atoms. The first-order valence-corrected chi connectivity index (χ1v) is 10.2. The fourth-order valence-electron chi connectivity index (χ4n) is 2.78. The number of nitrogens with one attached hydrogen (secondary N) is 1. The summed E-state index contributed by atoms with van der Waals surface area (Å²) in [6.07, 6.45) is -0.588. The zero-order valence-corrected chi connectivity index (χ0v) is 17.1. The molecule has 0 bridgehead atoms. The normalized spacial score (nSPS) is 17.6. The van der Waals surface area contributed by atoms with Crippen LogP contribution in [-0.2, 0) is 17.0 Å². The van der Waals surface area contributed by atoms with Crippen molar-refractivity contribution in [2.45, 2.75) is 18.7 Å². The van der Waals surface area contributed by atoms with Crippen molar-refractivity contribution in [1.82, 2.24) is 19.7 Å². The van der Waals surface area contributed by atoms with E-state index in [4.69, 9.17) is 20.2 Å². The number of benzene rings is 2. The highest BCUT2D eigenvalue weighted by molar-refractivity contribution is 7.89. The van der Waals surface area contributed by atoms with E-state index in [9.17, 15) is 8.42 Å². The minimum atomic E-state index is -4.07. The molecule has 31 heavy (non-hydrogen) atoms. The van der Waals surface area contributed by atoms with Gasteiger partial charge in [-0.25, -0.2) is 18.5 Å². The summed E-state index contributed by atoms with van der Waals surface area (Å²) in [6.45, 7) is -4.58. The number of fused-ring (bicyclic) bond motifs is 1. The molecule has 3 N–H and O–H groups in total. The highest BCUT2D eigenvalue weighted by Gasteiger charge is 2.14. The molecule has 0 unspecified atom stereocenters. The summed E-state index contributed by atoms with van der Waals surface area (Å²) in [6, 6.07) is 1.65. The van der Waals surface area contributed by atoms with Crippen LogP contribution in [0.3, 0.4) is 0 Å². The first-order chi connectivity index (χ1) is 19.1. The Kier molecular flexibility index (Phi) is 2.76. The lowest BCUT2D eigenvalue weighted by Gasteiger charge is -2.19. The van der Waals surface area contributed by atoms with E-state index in [-0.39, 0.29) is 32.7 Å². The van der Waals surface area contributed by atoms with E-state index in [0.717, 1.165) is 4.90 Å². The lowest BCUT2D eigenvalue weighted by molar-refractivity contribution is 0.597. The summed E-state index contributed by atoms with van der Waals surface area (Å²) in [5.74, 6) is -0.577. The topological polar surface area (TPSA) is 119 Å². The second-order valence-corrected chi connectivity index (χ2v) is 8.05. The molecule has 0 aliphatic carbocycles. The van der Waals surface area contributed by atoms with Crippen LogP contribution in [0.25, 0.3) is 10.9 Å². The van der Waals surface area contributed by atoms with Crippen LogP contribution in [0.1, 0.15) is 26.3 Å². The quantitative estimate of drug-likeness (QED) is 0.481. The summed E-state index contributed by atoms with van der Waals surface area (Å²) >= 11 is 0. The van der Waals surface area contributed by atoms with Crippen molar-refractivity contribution >= 4 is 44.1 Å². The summed E-state index contributed by atoms with van der Waals surface area (Å²) in [5.41, 5.74) is -1.11. The first kappa shape index (κ1) is 11.2. The van der Waals surface area contributed by atoms with Crippen LogP contribution in [0.5, 0.6) is 0 Å². The number of sulfonamides is 1. The van der Waals surface area contributed by atoms with E-state index in [1.165, 1.54) is 25.2 Å². The number of primary sulfonamides is 1. The van der Waals surface area contributed by atoms with E-state index >= 15 is 0 Å². The molecule has 0 fully saturated rings. The number of anilines is 4. The van der Waals surface area contributed by atoms with Crippen molar-refractivity contribution in [1.29, 1.82) is 0 Å². The molecule has 0 aliphatic heterocycles. The standard InChI is InChI=1S/C21H23N7O2S/c1-13-5-6-15(11-19(13)31(22,29)30)24-21-23-10-9-20(25-21)27(3)16-7-8-17-14(2)28(4)26-18(17)12-16/h5-12H,1-4H3,(H2,22,29,30)(H,23,24,25)/i2D3,4D3,7D,8D,9D,10D,12D. The van der Waals surface area contributed by atoms with Crippen LogP contribution in [0.4, 0.5) is 23.1 Å². The van der Waals surface area contributed by atoms with Gasteiger partial charge >= 0.3 is 0 Å². The molecule has 0 radical (unpaired) electrons. The molecule has 4 rings (SSSR count). The first-order valence-electron chi connectivity index (χ1n) is 14.2. The minimum absolute atomic E-state index is 0.171. The van der Waals surface area contributed by atoms with Crippen molar-refractivity contribution in [3.8, 4) is 0 Å². The molecule has 0 atom stereocenters. The van der Waals surface area contributed by atoms with Crippen LogP contribution < -0.4 is 15.4 Å². The van der Waals surface area contributed by atoms with Crippen molar-refractivity contribution in [3.63, 3.8) is 0 Å². The molecular formula is C21H23N7O2S. The Morgan fingerprint density at radius 2 is 2.13 bits per heavy atom. The smallest absolute Gasteiger partial charge is 0.238 e. The van der Waals surface area contributed by atoms with Crippen LogP contribution in [0, 0.1) is 13.8 Å². The zero-order valence-electron chi connectivity index (χ0n) is 27.3. The van der Waals surface area contributed by atoms with Crippen molar-refractivity contribution < 1.29 is 23.5 Å². The van der Waals surface area contributed by atoms with E-state index in [0.29, 0.717) is 5.56 Å². The Bertz CT molecular complexity index is 1850. The molecule has 9 nitrogen and oxygen atoms in total. The number of hydrogen-bond donors (Lipinski definition) is 2. The largest absolute Gasteiger partial charge is 0.329 e. The number of nitrogens with two attached hydrogens (primary N) is 1. The van der Waals surface area contributed by atoms with Gasteiger partial charge in [-0.15, -0.1) is 0 Å². The second-order valence-electron chi connectivity index (χ2n) is 6.52. The molecule has 10 heteroatoms. The maximum absolute atomic E-state index is 11.9. The molecule has 2 aromatic carbocycles. The Labute approximate surface area is 196 Å². The predicted molar refractivity (Wildman–Crippen MR) is 121 cm³/mol. The second kappa shape index (κ2) is 7.64. The average Bonchev–Trinajstić information content (AvgIpc) is 3.28. The number of hydrogen-bond acceptors (Lipinski definition) is 7. The van der Waals surface area contributed by atoms with Crippen molar-refractivity contribution in [2.24, 2.45) is 12.1 Å². The van der Waals surface area contributed by atoms with Gasteiger partial charge in [0.1, 0.15) is 5.82 Å². The maximum Gasteiger partial charge on any atom is 0.238 e. The van der Waals surface area contributed by atoms with Gasteiger partial charge in [-0.2, -0.15) is 10.1 Å². The van der Waals surface area contributed by atoms with E-state index in [2.05, 4.69) is 20.4 Å². The van der Waals surface area contributed by atoms with Crippen molar-refractivity contribution in [3.05, 3.63) is 59.8 Å². The Balaban J connectivity index is 1.90. The number of rotatable bonds is 5. The number of aromatic nitrogens is 4. The summed E-state index contributed by atoms with van der Waals surface area (Å²) in [4.78, 5) is 8.93. The van der Waals surface area contributed by atoms with Gasteiger partial charge in [0.2, 0.25) is 16.0 Å². The molecule has 4 aromatic rings. The molecule has 2 heterocycles. The molecule has 160 valence electrons. The van der Waals surface area contributed by atoms with Crippen LogP contribution in [-0.4, -0.2) is 35.2 Å². The molecule has 0 saturated heterocycles. The van der Waals surface area contributed by atoms with Crippen molar-refractivity contribution in [2.75, 3.05) is 17.3 Å². The van der Waals surface area contributed by atoms with Gasteiger partial charge in [0, 0.05) is 50.9 Å². The van der Waals surface area contributed by atoms with Crippen LogP contribution in [0.2, 0.25) is 0 Å². The Morgan fingerprint density at radius 1 is 1.29 bits per heavy atom. The third-order valence-corrected chi connectivity index (χ3v) is 5.43. The summed E-state index contributed by atoms with van der Waals surface area (Å²) < 4.78 is 113. The third-order valence-electron chi connectivity index (χ3n) is 4.37. The SMILES string of the molecule is [2H]c1nc(Nc2ccc(C)c(S(N)(=O)=O)c2)nc(N(C)c2c([2H])c([2H])c3c(C([2H])([2H])[2H])n(C([2H])([2H])[2H])nc3c2[2H])c1[2H]. The van der Waals surface area contributed by atoms with E-state index in [1.54, 1.807) is 6.92 Å². The third kappa shape index (κ3) is 4.07. The van der Waals surface area contributed by atoms with E-state index in [1.807, 2.05) is 0 Å². The van der Waals surface area contributed by atoms with Gasteiger partial charge in [-0.05, 0) is 55.6 Å². The fraction of sp³-hybridized carbons (Fsp3) is 0.190. The average molecular weight is 449 g/mol. The van der Waals surface area contributed by atoms with E-state index < -0.39 is 70.8 Å². The van der Waals surface area contributed by atoms with Gasteiger partial charge in [0.15, 0.2) is 0 Å². The molecule has 0 aliphatic rings. The van der Waals surface area contributed by atoms with Crippen LogP contribution >= 0.6 is 0 Å². The highest BCUT2D eigenvalue weighted by Crippen LogP contribution is 2.28. The lowest BCUT2D eigenvalue weighted by atomic mass is 10.2. The Morgan fingerprint density at radius 3 is 2.87 bits per heavy atom. The number of nitrogens with zero attached hydrogens (tertiary/aromatic N) is 5. The van der Waals surface area contributed by atoms with Gasteiger partial charge in [0.05, 0.1) is 17.3 Å². The summed E-state index contributed by atoms with van der Waals surface area (Å²) in [5, 5.41) is 11.3. The molecule has 0 amide bonds. The molecule has 2 aromatic heterocycles. The zero-order chi connectivity index (χ0) is 31.7. The summed E-state index contributed by atoms with van der Waals surface area (Å²) in [7, 11) is -2.79. The molecule has 0 saturated carbocycles. The number of aryl methyl sites for hydroxylation is 3. The van der Waals surface area contributed by atoms with Gasteiger partial charge in [0.25, 0.3) is 0 Å². The maximum atomic E-state index is 11.9.